The lowest BCUT2D eigenvalue weighted by Crippen LogP contribution is -2.33. The van der Waals surface area contributed by atoms with Crippen LogP contribution in [0, 0.1) is 17.6 Å². The van der Waals surface area contributed by atoms with Crippen molar-refractivity contribution in [2.75, 3.05) is 19.7 Å². The van der Waals surface area contributed by atoms with E-state index in [1.807, 2.05) is 0 Å². The summed E-state index contributed by atoms with van der Waals surface area (Å²) >= 11 is 3.05. The Morgan fingerprint density at radius 3 is 2.63 bits per heavy atom. The van der Waals surface area contributed by atoms with Crippen molar-refractivity contribution in [2.24, 2.45) is 5.92 Å². The number of benzene rings is 1. The fourth-order valence-electron chi connectivity index (χ4n) is 1.42. The molecule has 0 aromatic heterocycles. The van der Waals surface area contributed by atoms with Gasteiger partial charge in [-0.1, -0.05) is 29.8 Å². The minimum Gasteiger partial charge on any atom is -0.488 e. The van der Waals surface area contributed by atoms with Crippen molar-refractivity contribution in [3.05, 3.63) is 28.2 Å². The molecule has 1 aromatic rings. The topological polar surface area (TPSA) is 41.5 Å². The molecule has 0 spiro atoms. The molecule has 0 aliphatic rings. The molecule has 0 bridgehead atoms. The molecule has 1 rings (SSSR count). The number of rotatable bonds is 7. The summed E-state index contributed by atoms with van der Waals surface area (Å²) in [4.78, 5) is 0. The van der Waals surface area contributed by atoms with Crippen molar-refractivity contribution < 1.29 is 18.6 Å². The Morgan fingerprint density at radius 2 is 2.00 bits per heavy atom. The van der Waals surface area contributed by atoms with Crippen LogP contribution in [0.5, 0.6) is 5.75 Å². The second-order valence-corrected chi connectivity index (χ2v) is 5.63. The minimum absolute atomic E-state index is 0.0993. The Kier molecular flexibility index (Phi) is 6.68. The third-order valence-electron chi connectivity index (χ3n) is 2.32. The van der Waals surface area contributed by atoms with Gasteiger partial charge in [0.2, 0.25) is 5.82 Å². The van der Waals surface area contributed by atoms with Crippen LogP contribution in [0.25, 0.3) is 0 Å². The lowest BCUT2D eigenvalue weighted by molar-refractivity contribution is 0.103. The zero-order valence-electron chi connectivity index (χ0n) is 10.9. The maximum atomic E-state index is 13.4. The second kappa shape index (κ2) is 7.77. The van der Waals surface area contributed by atoms with E-state index in [-0.39, 0.29) is 12.4 Å². The van der Waals surface area contributed by atoms with Gasteiger partial charge in [-0.25, -0.2) is 4.39 Å². The first-order chi connectivity index (χ1) is 8.90. The molecule has 2 N–H and O–H groups in total. The van der Waals surface area contributed by atoms with Crippen molar-refractivity contribution >= 4 is 15.9 Å². The van der Waals surface area contributed by atoms with Crippen LogP contribution in [0.3, 0.4) is 0 Å². The zero-order chi connectivity index (χ0) is 14.4. The van der Waals surface area contributed by atoms with Crippen LogP contribution in [-0.2, 0) is 0 Å². The number of halogens is 3. The number of nitrogens with one attached hydrogen (secondary N) is 1. The molecule has 0 aliphatic heterocycles. The van der Waals surface area contributed by atoms with Gasteiger partial charge < -0.3 is 15.2 Å². The Labute approximate surface area is 120 Å². The van der Waals surface area contributed by atoms with E-state index >= 15 is 0 Å². The third kappa shape index (κ3) is 5.84. The molecule has 0 fully saturated rings. The van der Waals surface area contributed by atoms with Crippen LogP contribution in [-0.4, -0.2) is 30.9 Å². The van der Waals surface area contributed by atoms with Crippen LogP contribution in [0.2, 0.25) is 0 Å². The molecule has 0 heterocycles. The van der Waals surface area contributed by atoms with Crippen LogP contribution in [0.1, 0.15) is 13.8 Å². The normalized spacial score (nSPS) is 12.8. The smallest absolute Gasteiger partial charge is 0.200 e. The molecule has 1 aromatic carbocycles. The highest BCUT2D eigenvalue weighted by molar-refractivity contribution is 9.10. The number of aliphatic hydroxyl groups excluding tert-OH is 1. The van der Waals surface area contributed by atoms with E-state index < -0.39 is 17.7 Å². The van der Waals surface area contributed by atoms with E-state index in [2.05, 4.69) is 35.1 Å². The molecule has 1 atom stereocenters. The number of hydrogen-bond donors (Lipinski definition) is 2. The summed E-state index contributed by atoms with van der Waals surface area (Å²) in [5.74, 6) is -1.78. The molecule has 19 heavy (non-hydrogen) atoms. The lowest BCUT2D eigenvalue weighted by Gasteiger charge is -2.15. The predicted octanol–water partition coefficient (Wildman–Crippen LogP) is 2.71. The first kappa shape index (κ1) is 16.3. The quantitative estimate of drug-likeness (QED) is 0.751. The van der Waals surface area contributed by atoms with Gasteiger partial charge >= 0.3 is 0 Å². The monoisotopic (exact) mass is 337 g/mol. The Balaban J connectivity index is 2.44. The van der Waals surface area contributed by atoms with E-state index in [4.69, 9.17) is 4.74 Å². The minimum atomic E-state index is -1.05. The molecule has 0 radical (unpaired) electrons. The summed E-state index contributed by atoms with van der Waals surface area (Å²) in [5.41, 5.74) is 0. The van der Waals surface area contributed by atoms with Crippen molar-refractivity contribution in [3.8, 4) is 5.75 Å². The SMILES string of the molecule is CC(C)CNCC(O)COc1cc(Br)cc(F)c1F. The van der Waals surface area contributed by atoms with Gasteiger partial charge in [0.25, 0.3) is 0 Å². The molecule has 0 amide bonds. The third-order valence-corrected chi connectivity index (χ3v) is 2.78. The van der Waals surface area contributed by atoms with Gasteiger partial charge in [0, 0.05) is 11.0 Å². The van der Waals surface area contributed by atoms with Crippen LogP contribution in [0.4, 0.5) is 8.78 Å². The van der Waals surface area contributed by atoms with Gasteiger partial charge in [-0.15, -0.1) is 0 Å². The molecule has 3 nitrogen and oxygen atoms in total. The fourth-order valence-corrected chi connectivity index (χ4v) is 1.83. The van der Waals surface area contributed by atoms with Crippen molar-refractivity contribution in [1.82, 2.24) is 5.32 Å². The van der Waals surface area contributed by atoms with E-state index in [1.54, 1.807) is 0 Å². The zero-order valence-corrected chi connectivity index (χ0v) is 12.5. The largest absolute Gasteiger partial charge is 0.488 e. The molecular weight excluding hydrogens is 320 g/mol. The van der Waals surface area contributed by atoms with E-state index in [9.17, 15) is 13.9 Å². The van der Waals surface area contributed by atoms with Gasteiger partial charge in [-0.05, 0) is 24.6 Å². The highest BCUT2D eigenvalue weighted by Gasteiger charge is 2.13. The van der Waals surface area contributed by atoms with Gasteiger partial charge in [0.15, 0.2) is 11.6 Å². The van der Waals surface area contributed by atoms with Crippen LogP contribution >= 0.6 is 15.9 Å². The molecule has 0 saturated carbocycles. The number of aliphatic hydroxyl groups is 1. The van der Waals surface area contributed by atoms with E-state index in [1.165, 1.54) is 6.07 Å². The fraction of sp³-hybridized carbons (Fsp3) is 0.538. The van der Waals surface area contributed by atoms with Gasteiger partial charge in [0.1, 0.15) is 12.7 Å². The maximum absolute atomic E-state index is 13.4. The van der Waals surface area contributed by atoms with Gasteiger partial charge in [0.05, 0.1) is 0 Å². The van der Waals surface area contributed by atoms with E-state index in [0.717, 1.165) is 12.6 Å². The molecule has 6 heteroatoms. The summed E-state index contributed by atoms with van der Waals surface area (Å²) in [6.07, 6.45) is -0.778. The van der Waals surface area contributed by atoms with Crippen molar-refractivity contribution in [3.63, 3.8) is 0 Å². The summed E-state index contributed by atoms with van der Waals surface area (Å²) in [5, 5.41) is 12.7. The summed E-state index contributed by atoms with van der Waals surface area (Å²) < 4.78 is 31.9. The average Bonchev–Trinajstić information content (AvgIpc) is 2.31. The molecular formula is C13H18BrF2NO2. The van der Waals surface area contributed by atoms with Crippen molar-refractivity contribution in [2.45, 2.75) is 20.0 Å². The Morgan fingerprint density at radius 1 is 1.32 bits per heavy atom. The highest BCUT2D eigenvalue weighted by Crippen LogP contribution is 2.25. The molecule has 1 unspecified atom stereocenters. The van der Waals surface area contributed by atoms with Crippen LogP contribution < -0.4 is 10.1 Å². The van der Waals surface area contributed by atoms with Crippen LogP contribution in [0.15, 0.2) is 16.6 Å². The van der Waals surface area contributed by atoms with Crippen molar-refractivity contribution in [1.29, 1.82) is 0 Å². The standard InChI is InChI=1S/C13H18BrF2NO2/c1-8(2)5-17-6-10(18)7-19-12-4-9(14)3-11(15)13(12)16/h3-4,8,10,17-18H,5-7H2,1-2H3. The summed E-state index contributed by atoms with van der Waals surface area (Å²) in [6, 6.07) is 2.34. The van der Waals surface area contributed by atoms with E-state index in [0.29, 0.717) is 16.9 Å². The summed E-state index contributed by atoms with van der Waals surface area (Å²) in [7, 11) is 0. The maximum Gasteiger partial charge on any atom is 0.200 e. The average molecular weight is 338 g/mol. The Bertz CT molecular complexity index is 416. The second-order valence-electron chi connectivity index (χ2n) is 4.72. The first-order valence-electron chi connectivity index (χ1n) is 6.06. The molecule has 108 valence electrons. The first-order valence-corrected chi connectivity index (χ1v) is 6.85. The molecule has 0 aliphatic carbocycles. The highest BCUT2D eigenvalue weighted by atomic mass is 79.9. The number of hydrogen-bond acceptors (Lipinski definition) is 3. The molecule has 0 saturated heterocycles. The predicted molar refractivity (Wildman–Crippen MR) is 73.3 cm³/mol. The summed E-state index contributed by atoms with van der Waals surface area (Å²) in [6.45, 7) is 5.12. The van der Waals surface area contributed by atoms with Gasteiger partial charge in [-0.2, -0.15) is 4.39 Å². The number of ether oxygens (including phenoxy) is 1. The Hall–Kier alpha value is -0.720. The lowest BCUT2D eigenvalue weighted by atomic mass is 10.2. The van der Waals surface area contributed by atoms with Gasteiger partial charge in [-0.3, -0.25) is 0 Å².